The molecule has 4 nitrogen and oxygen atoms in total. The molecule has 0 radical (unpaired) electrons. The van der Waals surface area contributed by atoms with Gasteiger partial charge in [-0.1, -0.05) is 0 Å². The minimum Gasteiger partial charge on any atom is -0.328 e. The molecule has 1 atom stereocenters. The molecule has 78 valence electrons. The Bertz CT molecular complexity index is 243. The van der Waals surface area contributed by atoms with Crippen LogP contribution in [0.15, 0.2) is 0 Å². The molecular weight excluding hydrogens is 188 g/mol. The Morgan fingerprint density at radius 2 is 1.92 bits per heavy atom. The highest BCUT2D eigenvalue weighted by Gasteiger charge is 2.24. The Kier molecular flexibility index (Phi) is 3.70. The van der Waals surface area contributed by atoms with Crippen LogP contribution in [0.3, 0.4) is 0 Å². The molecule has 1 fully saturated rings. The van der Waals surface area contributed by atoms with Crippen molar-refractivity contribution in [2.75, 3.05) is 18.8 Å². The lowest BCUT2D eigenvalue weighted by Crippen LogP contribution is -2.32. The average Bonchev–Trinajstić information content (AvgIpc) is 2.53. The molecule has 0 bridgehead atoms. The molecule has 13 heavy (non-hydrogen) atoms. The van der Waals surface area contributed by atoms with Gasteiger partial charge in [0.2, 0.25) is 10.0 Å². The lowest BCUT2D eigenvalue weighted by Gasteiger charge is -2.15. The molecule has 1 aliphatic rings. The normalized spacial score (nSPS) is 22.0. The third-order valence-corrected chi connectivity index (χ3v) is 4.19. The number of sulfonamides is 1. The minimum atomic E-state index is -3.00. The van der Waals surface area contributed by atoms with E-state index in [0.29, 0.717) is 19.5 Å². The summed E-state index contributed by atoms with van der Waals surface area (Å²) in [4.78, 5) is 0. The Hall–Kier alpha value is -0.130. The third-order valence-electron chi connectivity index (χ3n) is 2.29. The van der Waals surface area contributed by atoms with Crippen molar-refractivity contribution in [2.24, 2.45) is 5.73 Å². The predicted molar refractivity (Wildman–Crippen MR) is 52.9 cm³/mol. The molecule has 1 heterocycles. The highest BCUT2D eigenvalue weighted by atomic mass is 32.2. The first-order chi connectivity index (χ1) is 6.02. The fraction of sp³-hybridized carbons (Fsp3) is 1.00. The van der Waals surface area contributed by atoms with Crippen molar-refractivity contribution in [1.82, 2.24) is 4.31 Å². The standard InChI is InChI=1S/C8H18N2O2S/c1-8(9)4-7-13(11,12)10-5-2-3-6-10/h8H,2-7,9H2,1H3. The van der Waals surface area contributed by atoms with Gasteiger partial charge in [0.1, 0.15) is 0 Å². The van der Waals surface area contributed by atoms with Crippen LogP contribution in [-0.2, 0) is 10.0 Å². The van der Waals surface area contributed by atoms with Gasteiger partial charge in [0.25, 0.3) is 0 Å². The van der Waals surface area contributed by atoms with Crippen molar-refractivity contribution in [3.8, 4) is 0 Å². The summed E-state index contributed by atoms with van der Waals surface area (Å²) in [5, 5.41) is 0. The molecule has 5 heteroatoms. The summed E-state index contributed by atoms with van der Waals surface area (Å²) in [6.07, 6.45) is 2.55. The topological polar surface area (TPSA) is 63.4 Å². The fourth-order valence-electron chi connectivity index (χ4n) is 1.43. The minimum absolute atomic E-state index is 0.0302. The van der Waals surface area contributed by atoms with Crippen molar-refractivity contribution in [3.05, 3.63) is 0 Å². The lowest BCUT2D eigenvalue weighted by atomic mass is 10.3. The zero-order chi connectivity index (χ0) is 9.90. The van der Waals surface area contributed by atoms with Crippen LogP contribution in [0.1, 0.15) is 26.2 Å². The van der Waals surface area contributed by atoms with E-state index in [4.69, 9.17) is 5.73 Å². The summed E-state index contributed by atoms with van der Waals surface area (Å²) in [5.41, 5.74) is 5.52. The Balaban J connectivity index is 2.45. The second-order valence-corrected chi connectivity index (χ2v) is 5.78. The lowest BCUT2D eigenvalue weighted by molar-refractivity contribution is 0.473. The first kappa shape index (κ1) is 10.9. The van der Waals surface area contributed by atoms with Crippen LogP contribution in [-0.4, -0.2) is 37.6 Å². The molecule has 0 aromatic heterocycles. The first-order valence-corrected chi connectivity index (χ1v) is 6.37. The summed E-state index contributed by atoms with van der Waals surface area (Å²) in [6, 6.07) is -0.0302. The van der Waals surface area contributed by atoms with E-state index in [-0.39, 0.29) is 11.8 Å². The molecule has 0 aromatic carbocycles. The smallest absolute Gasteiger partial charge is 0.214 e. The maximum Gasteiger partial charge on any atom is 0.214 e. The van der Waals surface area contributed by atoms with E-state index in [0.717, 1.165) is 12.8 Å². The van der Waals surface area contributed by atoms with Crippen LogP contribution in [0.25, 0.3) is 0 Å². The molecule has 1 unspecified atom stereocenters. The second-order valence-electron chi connectivity index (χ2n) is 3.69. The van der Waals surface area contributed by atoms with Gasteiger partial charge in [-0.3, -0.25) is 0 Å². The summed E-state index contributed by atoms with van der Waals surface area (Å²) >= 11 is 0. The molecule has 1 rings (SSSR count). The van der Waals surface area contributed by atoms with E-state index in [1.165, 1.54) is 0 Å². The highest BCUT2D eigenvalue weighted by Crippen LogP contribution is 2.13. The molecule has 1 aliphatic heterocycles. The summed E-state index contributed by atoms with van der Waals surface area (Å²) in [5.74, 6) is 0.199. The number of hydrogen-bond acceptors (Lipinski definition) is 3. The second kappa shape index (κ2) is 4.39. The van der Waals surface area contributed by atoms with Gasteiger partial charge in [-0.2, -0.15) is 0 Å². The molecule has 1 saturated heterocycles. The van der Waals surface area contributed by atoms with Gasteiger partial charge in [0.05, 0.1) is 5.75 Å². The summed E-state index contributed by atoms with van der Waals surface area (Å²) < 4.78 is 24.8. The molecule has 0 saturated carbocycles. The monoisotopic (exact) mass is 206 g/mol. The molecule has 0 spiro atoms. The van der Waals surface area contributed by atoms with E-state index in [9.17, 15) is 8.42 Å². The van der Waals surface area contributed by atoms with E-state index < -0.39 is 10.0 Å². The van der Waals surface area contributed by atoms with Crippen LogP contribution in [0.5, 0.6) is 0 Å². The summed E-state index contributed by atoms with van der Waals surface area (Å²) in [6.45, 7) is 3.22. The fourth-order valence-corrected chi connectivity index (χ4v) is 3.17. The van der Waals surface area contributed by atoms with Crippen LogP contribution >= 0.6 is 0 Å². The van der Waals surface area contributed by atoms with Gasteiger partial charge in [-0.25, -0.2) is 12.7 Å². The van der Waals surface area contributed by atoms with Crippen molar-refractivity contribution in [3.63, 3.8) is 0 Å². The van der Waals surface area contributed by atoms with Gasteiger partial charge < -0.3 is 5.73 Å². The number of nitrogens with zero attached hydrogens (tertiary/aromatic N) is 1. The zero-order valence-corrected chi connectivity index (χ0v) is 8.89. The van der Waals surface area contributed by atoms with Crippen LogP contribution in [0.4, 0.5) is 0 Å². The molecule has 0 aromatic rings. The number of nitrogens with two attached hydrogens (primary N) is 1. The molecule has 0 aliphatic carbocycles. The maximum absolute atomic E-state index is 11.6. The van der Waals surface area contributed by atoms with Crippen LogP contribution < -0.4 is 5.73 Å². The summed E-state index contributed by atoms with van der Waals surface area (Å²) in [7, 11) is -3.00. The van der Waals surface area contributed by atoms with Gasteiger partial charge in [-0.15, -0.1) is 0 Å². The van der Waals surface area contributed by atoms with Gasteiger partial charge in [-0.05, 0) is 26.2 Å². The quantitative estimate of drug-likeness (QED) is 0.712. The van der Waals surface area contributed by atoms with Gasteiger partial charge in [0.15, 0.2) is 0 Å². The number of hydrogen-bond donors (Lipinski definition) is 1. The average molecular weight is 206 g/mol. The molecule has 0 amide bonds. The zero-order valence-electron chi connectivity index (χ0n) is 8.07. The van der Waals surface area contributed by atoms with E-state index >= 15 is 0 Å². The highest BCUT2D eigenvalue weighted by molar-refractivity contribution is 7.89. The Morgan fingerprint density at radius 1 is 1.38 bits per heavy atom. The van der Waals surface area contributed by atoms with Crippen LogP contribution in [0.2, 0.25) is 0 Å². The molecule has 2 N–H and O–H groups in total. The van der Waals surface area contributed by atoms with E-state index in [1.807, 2.05) is 6.92 Å². The van der Waals surface area contributed by atoms with E-state index in [2.05, 4.69) is 0 Å². The van der Waals surface area contributed by atoms with E-state index in [1.54, 1.807) is 4.31 Å². The maximum atomic E-state index is 11.6. The van der Waals surface area contributed by atoms with Gasteiger partial charge >= 0.3 is 0 Å². The predicted octanol–water partition coefficient (Wildman–Crippen LogP) is 0.149. The van der Waals surface area contributed by atoms with Crippen LogP contribution in [0, 0.1) is 0 Å². The van der Waals surface area contributed by atoms with Crippen molar-refractivity contribution < 1.29 is 8.42 Å². The first-order valence-electron chi connectivity index (χ1n) is 4.76. The SMILES string of the molecule is CC(N)CCS(=O)(=O)N1CCCC1. The van der Waals surface area contributed by atoms with Gasteiger partial charge in [0, 0.05) is 19.1 Å². The Labute approximate surface area is 80.1 Å². The van der Waals surface area contributed by atoms with Crippen molar-refractivity contribution in [2.45, 2.75) is 32.2 Å². The largest absolute Gasteiger partial charge is 0.328 e. The van der Waals surface area contributed by atoms with Crippen molar-refractivity contribution >= 4 is 10.0 Å². The molecular formula is C8H18N2O2S. The third kappa shape index (κ3) is 3.25. The van der Waals surface area contributed by atoms with Crippen molar-refractivity contribution in [1.29, 1.82) is 0 Å². The number of rotatable bonds is 4. The Morgan fingerprint density at radius 3 is 2.38 bits per heavy atom.